The maximum atomic E-state index is 12.8. The lowest BCUT2D eigenvalue weighted by Gasteiger charge is -2.34. The van der Waals surface area contributed by atoms with E-state index in [0.29, 0.717) is 37.7 Å². The Hall–Kier alpha value is -2.95. The fraction of sp³-hybridized carbons (Fsp3) is 0.364. The lowest BCUT2D eigenvalue weighted by atomic mass is 10.2. The van der Waals surface area contributed by atoms with Crippen LogP contribution in [0.3, 0.4) is 0 Å². The first-order valence-corrected chi connectivity index (χ1v) is 11.5. The van der Waals surface area contributed by atoms with E-state index in [1.54, 1.807) is 16.4 Å². The zero-order chi connectivity index (χ0) is 23.7. The summed E-state index contributed by atoms with van der Waals surface area (Å²) in [6.07, 6.45) is 0. The molecule has 0 bridgehead atoms. The highest BCUT2D eigenvalue weighted by molar-refractivity contribution is 7.89. The van der Waals surface area contributed by atoms with Crippen LogP contribution in [-0.4, -0.2) is 72.6 Å². The second kappa shape index (κ2) is 11.6. The molecule has 32 heavy (non-hydrogen) atoms. The van der Waals surface area contributed by atoms with Crippen molar-refractivity contribution < 1.29 is 33.0 Å². The van der Waals surface area contributed by atoms with Gasteiger partial charge < -0.3 is 14.9 Å². The highest BCUT2D eigenvalue weighted by atomic mass is 32.2. The summed E-state index contributed by atoms with van der Waals surface area (Å²) < 4.78 is 32.9. The van der Waals surface area contributed by atoms with E-state index in [9.17, 15) is 8.42 Å². The van der Waals surface area contributed by atoms with Gasteiger partial charge in [-0.05, 0) is 32.0 Å². The zero-order valence-corrected chi connectivity index (χ0v) is 18.9. The monoisotopic (exact) mass is 464 g/mol. The minimum absolute atomic E-state index is 0.373. The van der Waals surface area contributed by atoms with Crippen LogP contribution in [0.1, 0.15) is 18.1 Å². The maximum absolute atomic E-state index is 12.8. The van der Waals surface area contributed by atoms with E-state index in [2.05, 4.69) is 11.0 Å². The number of aliphatic carboxylic acids is 2. The Labute approximate surface area is 187 Å². The van der Waals surface area contributed by atoms with Gasteiger partial charge in [-0.15, -0.1) is 0 Å². The lowest BCUT2D eigenvalue weighted by Crippen LogP contribution is -2.48. The molecule has 0 unspecified atom stereocenters. The molecule has 1 fully saturated rings. The Kier molecular flexibility index (Phi) is 9.18. The second-order valence-corrected chi connectivity index (χ2v) is 9.08. The van der Waals surface area contributed by atoms with Crippen LogP contribution in [0, 0.1) is 6.92 Å². The van der Waals surface area contributed by atoms with Crippen LogP contribution in [0.25, 0.3) is 0 Å². The minimum atomic E-state index is -3.41. The Morgan fingerprint density at radius 1 is 0.938 bits per heavy atom. The molecule has 2 N–H and O–H groups in total. The fourth-order valence-corrected chi connectivity index (χ4v) is 4.58. The van der Waals surface area contributed by atoms with Crippen LogP contribution in [0.15, 0.2) is 53.4 Å². The third-order valence-corrected chi connectivity index (χ3v) is 6.75. The van der Waals surface area contributed by atoms with E-state index in [1.807, 2.05) is 44.2 Å². The number of hydrogen-bond acceptors (Lipinski definition) is 6. The van der Waals surface area contributed by atoms with Crippen molar-refractivity contribution >= 4 is 22.0 Å². The molecule has 1 heterocycles. The zero-order valence-electron chi connectivity index (χ0n) is 18.1. The molecule has 3 rings (SSSR count). The fourth-order valence-electron chi connectivity index (χ4n) is 3.16. The van der Waals surface area contributed by atoms with E-state index in [0.717, 1.165) is 23.4 Å². The van der Waals surface area contributed by atoms with Crippen molar-refractivity contribution in [3.8, 4) is 5.75 Å². The van der Waals surface area contributed by atoms with Crippen LogP contribution in [-0.2, 0) is 26.2 Å². The molecule has 9 nitrogen and oxygen atoms in total. The van der Waals surface area contributed by atoms with Gasteiger partial charge in [-0.1, -0.05) is 35.9 Å². The predicted molar refractivity (Wildman–Crippen MR) is 118 cm³/mol. The van der Waals surface area contributed by atoms with E-state index in [-0.39, 0.29) is 0 Å². The van der Waals surface area contributed by atoms with Gasteiger partial charge >= 0.3 is 11.9 Å². The van der Waals surface area contributed by atoms with E-state index in [1.165, 1.54) is 0 Å². The molecule has 1 saturated heterocycles. The molecule has 1 aliphatic heterocycles. The average Bonchev–Trinajstić information content (AvgIpc) is 2.76. The summed E-state index contributed by atoms with van der Waals surface area (Å²) in [6.45, 7) is 7.78. The smallest absolute Gasteiger partial charge is 0.414 e. The van der Waals surface area contributed by atoms with Gasteiger partial charge in [0, 0.05) is 38.3 Å². The third-order valence-electron chi connectivity index (χ3n) is 4.84. The molecule has 0 spiro atoms. The number of sulfonamides is 1. The average molecular weight is 465 g/mol. The number of aryl methyl sites for hydroxylation is 1. The van der Waals surface area contributed by atoms with Gasteiger partial charge in [0.05, 0.1) is 11.5 Å². The number of para-hydroxylation sites is 1. The van der Waals surface area contributed by atoms with E-state index < -0.39 is 22.0 Å². The topological polar surface area (TPSA) is 124 Å². The first-order valence-electron chi connectivity index (χ1n) is 10.1. The summed E-state index contributed by atoms with van der Waals surface area (Å²) in [7, 11) is -3.41. The van der Waals surface area contributed by atoms with E-state index >= 15 is 0 Å². The number of carboxylic acids is 2. The first-order chi connectivity index (χ1) is 15.1. The van der Waals surface area contributed by atoms with Gasteiger partial charge in [0.2, 0.25) is 10.0 Å². The molecular formula is C22H28N2O7S. The Bertz CT molecular complexity index is 1000. The molecule has 0 saturated carbocycles. The largest absolute Gasteiger partial charge is 0.494 e. The number of piperazine rings is 1. The molecule has 2 aromatic carbocycles. The molecule has 0 aromatic heterocycles. The normalized spacial score (nSPS) is 14.8. The first kappa shape index (κ1) is 25.3. The van der Waals surface area contributed by atoms with Crippen molar-refractivity contribution in [1.82, 2.24) is 9.21 Å². The molecule has 174 valence electrons. The maximum Gasteiger partial charge on any atom is 0.414 e. The summed E-state index contributed by atoms with van der Waals surface area (Å²) >= 11 is 0. The predicted octanol–water partition coefficient (Wildman–Crippen LogP) is 2.06. The number of benzene rings is 2. The van der Waals surface area contributed by atoms with Crippen molar-refractivity contribution in [2.75, 3.05) is 32.8 Å². The van der Waals surface area contributed by atoms with Crippen molar-refractivity contribution in [2.45, 2.75) is 25.3 Å². The number of nitrogens with zero attached hydrogens (tertiary/aromatic N) is 2. The highest BCUT2D eigenvalue weighted by Crippen LogP contribution is 2.22. The number of carbonyl (C=O) groups is 2. The highest BCUT2D eigenvalue weighted by Gasteiger charge is 2.28. The van der Waals surface area contributed by atoms with Crippen molar-refractivity contribution in [3.05, 3.63) is 59.7 Å². The Morgan fingerprint density at radius 2 is 1.50 bits per heavy atom. The number of ether oxygens (including phenoxy) is 1. The summed E-state index contributed by atoms with van der Waals surface area (Å²) in [5, 5.41) is 14.8. The molecule has 10 heteroatoms. The molecule has 2 aromatic rings. The molecule has 0 radical (unpaired) electrons. The van der Waals surface area contributed by atoms with Crippen LogP contribution in [0.5, 0.6) is 5.75 Å². The molecule has 0 atom stereocenters. The van der Waals surface area contributed by atoms with Crippen molar-refractivity contribution in [2.24, 2.45) is 0 Å². The van der Waals surface area contributed by atoms with Crippen LogP contribution in [0.4, 0.5) is 0 Å². The second-order valence-electron chi connectivity index (χ2n) is 7.14. The SMILES string of the molecule is CCOc1ccccc1CN1CCN(S(=O)(=O)c2ccc(C)cc2)CC1.O=C(O)C(=O)O. The van der Waals surface area contributed by atoms with Crippen molar-refractivity contribution in [1.29, 1.82) is 0 Å². The summed E-state index contributed by atoms with van der Waals surface area (Å²) in [4.78, 5) is 20.8. The van der Waals surface area contributed by atoms with Gasteiger partial charge in [0.25, 0.3) is 0 Å². The lowest BCUT2D eigenvalue weighted by molar-refractivity contribution is -0.159. The van der Waals surface area contributed by atoms with Gasteiger partial charge in [-0.25, -0.2) is 18.0 Å². The molecule has 0 aliphatic carbocycles. The third kappa shape index (κ3) is 7.04. The standard InChI is InChI=1S/C20H26N2O3S.C2H2O4/c1-3-25-20-7-5-4-6-18(20)16-21-12-14-22(15-13-21)26(23,24)19-10-8-17(2)9-11-19;3-1(4)2(5)6/h4-11H,3,12-16H2,1-2H3;(H,3,4)(H,5,6). The van der Waals surface area contributed by atoms with Gasteiger partial charge in [0.1, 0.15) is 5.75 Å². The van der Waals surface area contributed by atoms with Crippen LogP contribution < -0.4 is 4.74 Å². The summed E-state index contributed by atoms with van der Waals surface area (Å²) in [6, 6.07) is 15.1. The number of carboxylic acid groups (broad SMARTS) is 2. The van der Waals surface area contributed by atoms with Gasteiger partial charge in [-0.2, -0.15) is 4.31 Å². The molecule has 0 amide bonds. The van der Waals surface area contributed by atoms with Gasteiger partial charge in [0.15, 0.2) is 0 Å². The van der Waals surface area contributed by atoms with Crippen LogP contribution >= 0.6 is 0 Å². The van der Waals surface area contributed by atoms with Crippen LogP contribution in [0.2, 0.25) is 0 Å². The molecular weight excluding hydrogens is 436 g/mol. The quantitative estimate of drug-likeness (QED) is 0.623. The summed E-state index contributed by atoms with van der Waals surface area (Å²) in [5.41, 5.74) is 2.20. The Morgan fingerprint density at radius 3 is 2.03 bits per heavy atom. The van der Waals surface area contributed by atoms with E-state index in [4.69, 9.17) is 24.5 Å². The summed E-state index contributed by atoms with van der Waals surface area (Å²) in [5.74, 6) is -2.74. The minimum Gasteiger partial charge on any atom is -0.494 e. The molecule has 1 aliphatic rings. The van der Waals surface area contributed by atoms with Crippen molar-refractivity contribution in [3.63, 3.8) is 0 Å². The Balaban J connectivity index is 0.000000534. The number of rotatable bonds is 6. The van der Waals surface area contributed by atoms with Gasteiger partial charge in [-0.3, -0.25) is 4.90 Å². The number of hydrogen-bond donors (Lipinski definition) is 2.